The lowest BCUT2D eigenvalue weighted by atomic mass is 10.1. The van der Waals surface area contributed by atoms with E-state index < -0.39 is 10.8 Å². The summed E-state index contributed by atoms with van der Waals surface area (Å²) in [7, 11) is 0. The van der Waals surface area contributed by atoms with Gasteiger partial charge in [-0.25, -0.2) is 0 Å². The smallest absolute Gasteiger partial charge is 0.282 e. The number of benzene rings is 1. The highest BCUT2D eigenvalue weighted by atomic mass is 16.6. The number of H-pyrrole nitrogens is 1. The Labute approximate surface area is 108 Å². The van der Waals surface area contributed by atoms with Crippen LogP contribution in [0.5, 0.6) is 0 Å². The first-order chi connectivity index (χ1) is 9.00. The molecular formula is C12H12N4O3. The molecule has 0 aliphatic rings. The summed E-state index contributed by atoms with van der Waals surface area (Å²) in [6, 6.07) is 5.81. The van der Waals surface area contributed by atoms with Gasteiger partial charge in [-0.1, -0.05) is 12.1 Å². The molecule has 19 heavy (non-hydrogen) atoms. The summed E-state index contributed by atoms with van der Waals surface area (Å²) >= 11 is 0. The van der Waals surface area contributed by atoms with Crippen LogP contribution in [-0.4, -0.2) is 21.0 Å². The molecule has 2 rings (SSSR count). The number of carbonyl (C=O) groups is 1. The second-order valence-electron chi connectivity index (χ2n) is 4.04. The number of para-hydroxylation sites is 1. The van der Waals surface area contributed by atoms with Gasteiger partial charge in [-0.3, -0.25) is 20.0 Å². The van der Waals surface area contributed by atoms with Crippen molar-refractivity contribution < 1.29 is 9.72 Å². The lowest BCUT2D eigenvalue weighted by Crippen LogP contribution is -2.14. The van der Waals surface area contributed by atoms with E-state index in [1.54, 1.807) is 19.9 Å². The zero-order valence-corrected chi connectivity index (χ0v) is 10.4. The fourth-order valence-electron chi connectivity index (χ4n) is 1.74. The van der Waals surface area contributed by atoms with E-state index in [2.05, 4.69) is 15.5 Å². The first-order valence-corrected chi connectivity index (χ1v) is 5.57. The van der Waals surface area contributed by atoms with Crippen molar-refractivity contribution in [3.63, 3.8) is 0 Å². The minimum absolute atomic E-state index is 0.0208. The maximum atomic E-state index is 12.1. The molecule has 0 radical (unpaired) electrons. The maximum Gasteiger partial charge on any atom is 0.282 e. The molecule has 0 spiro atoms. The predicted octanol–water partition coefficient (Wildman–Crippen LogP) is 2.19. The van der Waals surface area contributed by atoms with Crippen molar-refractivity contribution in [1.82, 2.24) is 10.2 Å². The number of nitro benzene ring substituents is 1. The van der Waals surface area contributed by atoms with E-state index >= 15 is 0 Å². The Hall–Kier alpha value is -2.70. The molecule has 2 aromatic rings. The van der Waals surface area contributed by atoms with Crippen LogP contribution in [0.25, 0.3) is 0 Å². The monoisotopic (exact) mass is 260 g/mol. The number of nitrogens with zero attached hydrogens (tertiary/aromatic N) is 2. The summed E-state index contributed by atoms with van der Waals surface area (Å²) in [5.74, 6) is -0.528. The highest BCUT2D eigenvalue weighted by molar-refractivity contribution is 6.07. The van der Waals surface area contributed by atoms with Crippen LogP contribution in [0.2, 0.25) is 0 Å². The van der Waals surface area contributed by atoms with Crippen LogP contribution in [0, 0.1) is 24.0 Å². The Morgan fingerprint density at radius 2 is 2.05 bits per heavy atom. The van der Waals surface area contributed by atoms with Gasteiger partial charge in [-0.15, -0.1) is 0 Å². The molecular weight excluding hydrogens is 248 g/mol. The van der Waals surface area contributed by atoms with Gasteiger partial charge in [0.15, 0.2) is 0 Å². The Bertz CT molecular complexity index is 629. The van der Waals surface area contributed by atoms with Crippen molar-refractivity contribution in [2.24, 2.45) is 0 Å². The van der Waals surface area contributed by atoms with Gasteiger partial charge < -0.3 is 5.32 Å². The summed E-state index contributed by atoms with van der Waals surface area (Å²) < 4.78 is 0. The molecule has 0 fully saturated rings. The first-order valence-electron chi connectivity index (χ1n) is 5.57. The molecule has 0 aliphatic carbocycles. The Kier molecular flexibility index (Phi) is 3.28. The van der Waals surface area contributed by atoms with Crippen LogP contribution in [0.1, 0.15) is 21.7 Å². The maximum absolute atomic E-state index is 12.1. The number of hydrogen-bond donors (Lipinski definition) is 2. The van der Waals surface area contributed by atoms with Gasteiger partial charge >= 0.3 is 0 Å². The third-order valence-corrected chi connectivity index (χ3v) is 2.71. The topological polar surface area (TPSA) is 101 Å². The van der Waals surface area contributed by atoms with E-state index in [0.29, 0.717) is 17.1 Å². The minimum Gasteiger partial charge on any atom is -0.319 e. The predicted molar refractivity (Wildman–Crippen MR) is 69.1 cm³/mol. The SMILES string of the molecule is Cc1n[nH]c(C)c1NC(=O)c1ccccc1[N+](=O)[O-]. The molecule has 0 unspecified atom stereocenters. The first kappa shape index (κ1) is 12.7. The second-order valence-corrected chi connectivity index (χ2v) is 4.04. The number of nitro groups is 1. The van der Waals surface area contributed by atoms with Crippen molar-refractivity contribution in [2.75, 3.05) is 5.32 Å². The van der Waals surface area contributed by atoms with Crippen molar-refractivity contribution in [3.05, 3.63) is 51.3 Å². The Morgan fingerprint density at radius 3 is 2.63 bits per heavy atom. The summed E-state index contributed by atoms with van der Waals surface area (Å²) in [4.78, 5) is 22.4. The molecule has 0 bridgehead atoms. The molecule has 7 heteroatoms. The van der Waals surface area contributed by atoms with E-state index in [-0.39, 0.29) is 11.3 Å². The third kappa shape index (κ3) is 2.44. The number of aromatic amines is 1. The molecule has 0 aliphatic heterocycles. The third-order valence-electron chi connectivity index (χ3n) is 2.71. The van der Waals surface area contributed by atoms with E-state index in [1.807, 2.05) is 0 Å². The molecule has 2 N–H and O–H groups in total. The highest BCUT2D eigenvalue weighted by Crippen LogP contribution is 2.21. The molecule has 0 atom stereocenters. The van der Waals surface area contributed by atoms with Crippen LogP contribution in [0.4, 0.5) is 11.4 Å². The standard InChI is InChI=1S/C12H12N4O3/c1-7-11(8(2)15-14-7)13-12(17)9-5-3-4-6-10(9)16(18)19/h3-6H,1-2H3,(H,13,17)(H,14,15). The van der Waals surface area contributed by atoms with Gasteiger partial charge in [0.05, 0.1) is 22.0 Å². The molecule has 7 nitrogen and oxygen atoms in total. The number of hydrogen-bond acceptors (Lipinski definition) is 4. The number of nitrogens with one attached hydrogen (secondary N) is 2. The average molecular weight is 260 g/mol. The van der Waals surface area contributed by atoms with Crippen molar-refractivity contribution in [1.29, 1.82) is 0 Å². The van der Waals surface area contributed by atoms with Gasteiger partial charge in [-0.05, 0) is 19.9 Å². The normalized spacial score (nSPS) is 10.2. The van der Waals surface area contributed by atoms with E-state index in [4.69, 9.17) is 0 Å². The van der Waals surface area contributed by atoms with Gasteiger partial charge in [-0.2, -0.15) is 5.10 Å². The van der Waals surface area contributed by atoms with Gasteiger partial charge in [0, 0.05) is 6.07 Å². The van der Waals surface area contributed by atoms with Crippen LogP contribution >= 0.6 is 0 Å². The van der Waals surface area contributed by atoms with Gasteiger partial charge in [0.2, 0.25) is 0 Å². The highest BCUT2D eigenvalue weighted by Gasteiger charge is 2.20. The molecule has 98 valence electrons. The van der Waals surface area contributed by atoms with Crippen molar-refractivity contribution in [3.8, 4) is 0 Å². The van der Waals surface area contributed by atoms with E-state index in [9.17, 15) is 14.9 Å². The molecule has 0 saturated carbocycles. The summed E-state index contributed by atoms with van der Waals surface area (Å²) in [5.41, 5.74) is 1.67. The fraction of sp³-hybridized carbons (Fsp3) is 0.167. The molecule has 1 aromatic heterocycles. The second kappa shape index (κ2) is 4.89. The average Bonchev–Trinajstić information content (AvgIpc) is 2.70. The quantitative estimate of drug-likeness (QED) is 0.652. The summed E-state index contributed by atoms with van der Waals surface area (Å²) in [6.07, 6.45) is 0. The van der Waals surface area contributed by atoms with Crippen LogP contribution in [0.15, 0.2) is 24.3 Å². The Balaban J connectivity index is 2.33. The van der Waals surface area contributed by atoms with Gasteiger partial charge in [0.25, 0.3) is 11.6 Å². The molecule has 1 heterocycles. The van der Waals surface area contributed by atoms with Crippen molar-refractivity contribution >= 4 is 17.3 Å². The number of aromatic nitrogens is 2. The van der Waals surface area contributed by atoms with Crippen LogP contribution < -0.4 is 5.32 Å². The summed E-state index contributed by atoms with van der Waals surface area (Å²) in [5, 5.41) is 20.2. The number of rotatable bonds is 3. The van der Waals surface area contributed by atoms with E-state index in [0.717, 1.165) is 0 Å². The zero-order valence-electron chi connectivity index (χ0n) is 10.4. The molecule has 1 amide bonds. The molecule has 0 saturated heterocycles. The molecule has 1 aromatic carbocycles. The number of amides is 1. The van der Waals surface area contributed by atoms with E-state index in [1.165, 1.54) is 18.2 Å². The fourth-order valence-corrected chi connectivity index (χ4v) is 1.74. The number of carbonyl (C=O) groups excluding carboxylic acids is 1. The number of aryl methyl sites for hydroxylation is 2. The van der Waals surface area contributed by atoms with Crippen LogP contribution in [0.3, 0.4) is 0 Å². The van der Waals surface area contributed by atoms with Gasteiger partial charge in [0.1, 0.15) is 5.56 Å². The van der Waals surface area contributed by atoms with Crippen LogP contribution in [-0.2, 0) is 0 Å². The Morgan fingerprint density at radius 1 is 1.37 bits per heavy atom. The zero-order chi connectivity index (χ0) is 14.0. The number of anilines is 1. The summed E-state index contributed by atoms with van der Waals surface area (Å²) in [6.45, 7) is 3.49. The lowest BCUT2D eigenvalue weighted by Gasteiger charge is -2.05. The largest absolute Gasteiger partial charge is 0.319 e. The minimum atomic E-state index is -0.579. The van der Waals surface area contributed by atoms with Crippen molar-refractivity contribution in [2.45, 2.75) is 13.8 Å². The lowest BCUT2D eigenvalue weighted by molar-refractivity contribution is -0.385.